The fraction of sp³-hybridized carbons (Fsp3) is 0.250. The van der Waals surface area contributed by atoms with Crippen LogP contribution in [0, 0.1) is 27.7 Å². The van der Waals surface area contributed by atoms with E-state index in [1.54, 1.807) is 0 Å². The second-order valence-electron chi connectivity index (χ2n) is 10.1. The van der Waals surface area contributed by atoms with E-state index in [2.05, 4.69) is 125 Å². The van der Waals surface area contributed by atoms with Crippen LogP contribution < -0.4 is 0 Å². The van der Waals surface area contributed by atoms with Crippen LogP contribution in [0.2, 0.25) is 0 Å². The van der Waals surface area contributed by atoms with E-state index in [4.69, 9.17) is 0 Å². The summed E-state index contributed by atoms with van der Waals surface area (Å²) in [5, 5.41) is 0. The van der Waals surface area contributed by atoms with E-state index in [0.717, 1.165) is 0 Å². The molecule has 168 valence electrons. The van der Waals surface area contributed by atoms with Crippen molar-refractivity contribution >= 4 is 18.4 Å². The Labute approximate surface area is 204 Å². The van der Waals surface area contributed by atoms with Gasteiger partial charge in [0, 0.05) is 0 Å². The van der Waals surface area contributed by atoms with Crippen molar-refractivity contribution < 1.29 is 0 Å². The van der Waals surface area contributed by atoms with E-state index in [9.17, 15) is 0 Å². The zero-order valence-electron chi connectivity index (χ0n) is 20.6. The van der Waals surface area contributed by atoms with Gasteiger partial charge in [-0.2, -0.15) is 0 Å². The number of benzene rings is 4. The third-order valence-corrected chi connectivity index (χ3v) is 20.0. The molecule has 0 nitrogen and oxygen atoms in total. The molecular formula is C32H36Sn. The van der Waals surface area contributed by atoms with Gasteiger partial charge in [-0.15, -0.1) is 0 Å². The molecule has 0 unspecified atom stereocenters. The first-order valence-electron chi connectivity index (χ1n) is 12.1. The Morgan fingerprint density at radius 2 is 0.515 bits per heavy atom. The van der Waals surface area contributed by atoms with Gasteiger partial charge in [-0.1, -0.05) is 0 Å². The van der Waals surface area contributed by atoms with E-state index in [1.807, 2.05) is 0 Å². The van der Waals surface area contributed by atoms with Gasteiger partial charge in [-0.3, -0.25) is 0 Å². The molecule has 4 aromatic carbocycles. The average Bonchev–Trinajstić information content (AvgIpc) is 2.80. The van der Waals surface area contributed by atoms with E-state index in [0.29, 0.717) is 0 Å². The Balaban J connectivity index is 1.77. The molecule has 0 heterocycles. The Hall–Kier alpha value is -2.32. The molecule has 0 atom stereocenters. The van der Waals surface area contributed by atoms with Crippen LogP contribution in [0.5, 0.6) is 0 Å². The normalized spacial score (nSPS) is 11.5. The molecule has 0 fully saturated rings. The van der Waals surface area contributed by atoms with Crippen molar-refractivity contribution in [2.75, 3.05) is 0 Å². The molecule has 4 aromatic rings. The van der Waals surface area contributed by atoms with Gasteiger partial charge in [0.2, 0.25) is 0 Å². The summed E-state index contributed by atoms with van der Waals surface area (Å²) in [6.45, 7) is 8.74. The van der Waals surface area contributed by atoms with E-state index >= 15 is 0 Å². The third-order valence-electron chi connectivity index (χ3n) is 6.80. The maximum absolute atomic E-state index is 2.81. The number of rotatable bonds is 8. The van der Waals surface area contributed by atoms with Crippen molar-refractivity contribution in [3.05, 3.63) is 142 Å². The summed E-state index contributed by atoms with van der Waals surface area (Å²) < 4.78 is 5.07. The first-order chi connectivity index (χ1) is 15.9. The first-order valence-corrected chi connectivity index (χ1v) is 20.2. The Morgan fingerprint density at radius 3 is 0.697 bits per heavy atom. The predicted molar refractivity (Wildman–Crippen MR) is 145 cm³/mol. The van der Waals surface area contributed by atoms with Crippen molar-refractivity contribution in [1.29, 1.82) is 0 Å². The summed E-state index contributed by atoms with van der Waals surface area (Å²) in [7, 11) is 0. The molecule has 0 aliphatic carbocycles. The summed E-state index contributed by atoms with van der Waals surface area (Å²) in [4.78, 5) is 0. The first kappa shape index (κ1) is 23.8. The van der Waals surface area contributed by atoms with Gasteiger partial charge in [-0.05, 0) is 0 Å². The average molecular weight is 539 g/mol. The maximum atomic E-state index is 2.38. The van der Waals surface area contributed by atoms with Gasteiger partial charge in [-0.25, -0.2) is 0 Å². The van der Waals surface area contributed by atoms with Crippen molar-refractivity contribution in [2.24, 2.45) is 0 Å². The molecule has 0 saturated carbocycles. The van der Waals surface area contributed by atoms with Crippen molar-refractivity contribution in [3.63, 3.8) is 0 Å². The van der Waals surface area contributed by atoms with E-state index < -0.39 is 18.4 Å². The summed E-state index contributed by atoms with van der Waals surface area (Å²) in [6, 6.07) is 37.3. The number of hydrogen-bond acceptors (Lipinski definition) is 0. The van der Waals surface area contributed by atoms with E-state index in [-0.39, 0.29) is 0 Å². The Kier molecular flexibility index (Phi) is 7.75. The van der Waals surface area contributed by atoms with Gasteiger partial charge >= 0.3 is 205 Å². The zero-order valence-corrected chi connectivity index (χ0v) is 23.4. The summed E-state index contributed by atoms with van der Waals surface area (Å²) in [5.41, 5.74) is 11.4. The van der Waals surface area contributed by atoms with Crippen LogP contribution in [0.3, 0.4) is 0 Å². The van der Waals surface area contributed by atoms with Crippen LogP contribution in [0.25, 0.3) is 0 Å². The third kappa shape index (κ3) is 6.83. The molecule has 0 saturated heterocycles. The van der Waals surface area contributed by atoms with Crippen LogP contribution in [0.15, 0.2) is 97.1 Å². The number of aryl methyl sites for hydroxylation is 4. The SMILES string of the molecule is Cc1ccc([CH2][Sn]([CH2]c2ccc(C)cc2)([CH2]c2ccc(C)cc2)[CH2]c2ccc(C)cc2)cc1. The summed E-state index contributed by atoms with van der Waals surface area (Å²) in [6.07, 6.45) is 0. The van der Waals surface area contributed by atoms with Gasteiger partial charge < -0.3 is 0 Å². The monoisotopic (exact) mass is 540 g/mol. The molecule has 4 rings (SSSR count). The fourth-order valence-corrected chi connectivity index (χ4v) is 19.6. The molecular weight excluding hydrogens is 503 g/mol. The fourth-order valence-electron chi connectivity index (χ4n) is 4.93. The molecule has 0 radical (unpaired) electrons. The molecule has 33 heavy (non-hydrogen) atoms. The molecule has 1 heteroatoms. The van der Waals surface area contributed by atoms with Gasteiger partial charge in [0.05, 0.1) is 0 Å². The van der Waals surface area contributed by atoms with Gasteiger partial charge in [0.1, 0.15) is 0 Å². The van der Waals surface area contributed by atoms with Crippen molar-refractivity contribution in [1.82, 2.24) is 0 Å². The van der Waals surface area contributed by atoms with Crippen molar-refractivity contribution in [2.45, 2.75) is 45.4 Å². The standard InChI is InChI=1S/4C8H9.Sn/c4*1-7-3-5-8(2)6-4-7;/h4*3-6H,1H2,2H3;. The van der Waals surface area contributed by atoms with Crippen molar-refractivity contribution in [3.8, 4) is 0 Å². The molecule has 0 aliphatic heterocycles. The quantitative estimate of drug-likeness (QED) is 0.201. The Bertz CT molecular complexity index is 956. The second-order valence-corrected chi connectivity index (χ2v) is 22.7. The molecule has 0 amide bonds. The molecule has 0 bridgehead atoms. The van der Waals surface area contributed by atoms with Crippen LogP contribution in [0.4, 0.5) is 0 Å². The van der Waals surface area contributed by atoms with Crippen LogP contribution in [-0.4, -0.2) is 18.4 Å². The molecule has 0 aliphatic rings. The van der Waals surface area contributed by atoms with Gasteiger partial charge in [0.15, 0.2) is 0 Å². The molecule has 0 N–H and O–H groups in total. The van der Waals surface area contributed by atoms with Crippen LogP contribution in [-0.2, 0) is 17.7 Å². The van der Waals surface area contributed by atoms with Crippen LogP contribution in [0.1, 0.15) is 44.5 Å². The minimum absolute atomic E-state index is 1.27. The topological polar surface area (TPSA) is 0 Å². The minimum atomic E-state index is -2.81. The summed E-state index contributed by atoms with van der Waals surface area (Å²) >= 11 is -2.81. The van der Waals surface area contributed by atoms with E-state index in [1.165, 1.54) is 62.3 Å². The second kappa shape index (κ2) is 10.7. The summed E-state index contributed by atoms with van der Waals surface area (Å²) in [5.74, 6) is 0. The molecule has 0 aromatic heterocycles. The predicted octanol–water partition coefficient (Wildman–Crippen LogP) is 7.80. The van der Waals surface area contributed by atoms with Gasteiger partial charge in [0.25, 0.3) is 0 Å². The number of hydrogen-bond donors (Lipinski definition) is 0. The molecule has 0 spiro atoms. The zero-order chi connectivity index (χ0) is 23.3. The Morgan fingerprint density at radius 1 is 0.333 bits per heavy atom. The van der Waals surface area contributed by atoms with Crippen LogP contribution >= 0.6 is 0 Å².